The maximum atomic E-state index is 11.9. The summed E-state index contributed by atoms with van der Waals surface area (Å²) in [6.07, 6.45) is 0. The highest BCUT2D eigenvalue weighted by Crippen LogP contribution is 2.34. The van der Waals surface area contributed by atoms with E-state index in [2.05, 4.69) is 16.2 Å². The fourth-order valence-electron chi connectivity index (χ4n) is 1.39. The molecule has 0 spiro atoms. The maximum Gasteiger partial charge on any atom is 0.281 e. The summed E-state index contributed by atoms with van der Waals surface area (Å²) in [4.78, 5) is 12.4. The number of rotatable bonds is 1. The van der Waals surface area contributed by atoms with E-state index in [0.29, 0.717) is 15.0 Å². The average Bonchev–Trinajstić information content (AvgIpc) is 2.73. The molecule has 2 rings (SSSR count). The number of halogens is 1. The van der Waals surface area contributed by atoms with Gasteiger partial charge in [-0.05, 0) is 18.3 Å². The van der Waals surface area contributed by atoms with Crippen LogP contribution in [0.4, 0.5) is 0 Å². The Morgan fingerprint density at radius 3 is 2.72 bits per heavy atom. The normalized spacial score (nSPS) is 10.1. The Labute approximate surface area is 118 Å². The lowest BCUT2D eigenvalue weighted by molar-refractivity contribution is 0.0948. The summed E-state index contributed by atoms with van der Waals surface area (Å²) in [5, 5.41) is 4.37. The summed E-state index contributed by atoms with van der Waals surface area (Å²) in [5.74, 6) is -0.307. The van der Waals surface area contributed by atoms with Gasteiger partial charge in [0, 0.05) is 17.1 Å². The van der Waals surface area contributed by atoms with Crippen molar-refractivity contribution in [2.24, 2.45) is 0 Å². The van der Waals surface area contributed by atoms with E-state index in [9.17, 15) is 4.79 Å². The summed E-state index contributed by atoms with van der Waals surface area (Å²) in [6.45, 7) is 0. The van der Waals surface area contributed by atoms with Crippen molar-refractivity contribution in [2.75, 3.05) is 7.05 Å². The van der Waals surface area contributed by atoms with Crippen molar-refractivity contribution in [2.45, 2.75) is 0 Å². The van der Waals surface area contributed by atoms with Crippen LogP contribution in [0.5, 0.6) is 0 Å². The van der Waals surface area contributed by atoms with E-state index >= 15 is 0 Å². The Bertz CT molecular complexity index is 611. The lowest BCUT2D eigenvalue weighted by Crippen LogP contribution is -2.45. The first kappa shape index (κ1) is 13.1. The van der Waals surface area contributed by atoms with Gasteiger partial charge in [0.15, 0.2) is 5.11 Å². The molecule has 0 aliphatic carbocycles. The highest BCUT2D eigenvalue weighted by Gasteiger charge is 2.16. The smallest absolute Gasteiger partial charge is 0.281 e. The van der Waals surface area contributed by atoms with Gasteiger partial charge in [0.2, 0.25) is 0 Å². The summed E-state index contributed by atoms with van der Waals surface area (Å²) in [6, 6.07) is 7.60. The van der Waals surface area contributed by atoms with Gasteiger partial charge < -0.3 is 5.32 Å². The fraction of sp³-hybridized carbons (Fsp3) is 0.0909. The Balaban J connectivity index is 2.23. The number of amides is 1. The predicted octanol–water partition coefficient (Wildman–Crippen LogP) is 2.29. The number of nitrogens with one attached hydrogen (secondary N) is 3. The van der Waals surface area contributed by atoms with Crippen molar-refractivity contribution >= 4 is 56.3 Å². The largest absolute Gasteiger partial charge is 0.364 e. The van der Waals surface area contributed by atoms with Gasteiger partial charge in [-0.25, -0.2) is 0 Å². The van der Waals surface area contributed by atoms with Crippen LogP contribution < -0.4 is 16.2 Å². The number of carbonyl (C=O) groups excluding carboxylic acids is 1. The standard InChI is InChI=1S/C11H10ClN3OS2/c1-13-11(17)15-14-10(16)9-8(12)6-4-2-3-5-7(6)18-9/h2-5H,1H3,(H,14,16)(H2,13,15,17). The van der Waals surface area contributed by atoms with Gasteiger partial charge >= 0.3 is 0 Å². The van der Waals surface area contributed by atoms with Crippen LogP contribution in [0.25, 0.3) is 10.1 Å². The molecule has 94 valence electrons. The zero-order chi connectivity index (χ0) is 13.1. The van der Waals surface area contributed by atoms with Gasteiger partial charge in [-0.15, -0.1) is 11.3 Å². The minimum Gasteiger partial charge on any atom is -0.364 e. The second kappa shape index (κ2) is 5.51. The first-order valence-corrected chi connectivity index (χ1v) is 6.69. The third kappa shape index (κ3) is 2.55. The van der Waals surface area contributed by atoms with E-state index in [-0.39, 0.29) is 5.91 Å². The van der Waals surface area contributed by atoms with Gasteiger partial charge in [0.25, 0.3) is 5.91 Å². The van der Waals surface area contributed by atoms with E-state index in [1.165, 1.54) is 11.3 Å². The Kier molecular flexibility index (Phi) is 4.00. The first-order chi connectivity index (χ1) is 8.63. The van der Waals surface area contributed by atoms with Crippen molar-refractivity contribution in [3.8, 4) is 0 Å². The molecule has 0 aliphatic heterocycles. The molecule has 1 aromatic heterocycles. The third-order valence-electron chi connectivity index (χ3n) is 2.26. The number of hydrogen-bond donors (Lipinski definition) is 3. The summed E-state index contributed by atoms with van der Waals surface area (Å²) in [5.41, 5.74) is 5.06. The number of hydrazine groups is 1. The molecule has 3 N–H and O–H groups in total. The SMILES string of the molecule is CNC(=S)NNC(=O)c1sc2ccccc2c1Cl. The van der Waals surface area contributed by atoms with Crippen molar-refractivity contribution < 1.29 is 4.79 Å². The van der Waals surface area contributed by atoms with E-state index < -0.39 is 0 Å². The zero-order valence-corrected chi connectivity index (χ0v) is 11.8. The van der Waals surface area contributed by atoms with Crippen LogP contribution in [0.15, 0.2) is 24.3 Å². The minimum atomic E-state index is -0.307. The molecule has 4 nitrogen and oxygen atoms in total. The second-order valence-electron chi connectivity index (χ2n) is 3.40. The fourth-order valence-corrected chi connectivity index (χ4v) is 2.86. The van der Waals surface area contributed by atoms with E-state index in [0.717, 1.165) is 10.1 Å². The lowest BCUT2D eigenvalue weighted by Gasteiger charge is -2.07. The Morgan fingerprint density at radius 2 is 2.06 bits per heavy atom. The number of carbonyl (C=O) groups is 1. The van der Waals surface area contributed by atoms with Crippen LogP contribution in [0.1, 0.15) is 9.67 Å². The van der Waals surface area contributed by atoms with E-state index in [4.69, 9.17) is 23.8 Å². The summed E-state index contributed by atoms with van der Waals surface area (Å²) < 4.78 is 0.976. The van der Waals surface area contributed by atoms with Crippen LogP contribution in [-0.4, -0.2) is 18.1 Å². The molecule has 0 bridgehead atoms. The minimum absolute atomic E-state index is 0.307. The number of thiophene rings is 1. The molecule has 2 aromatic rings. The van der Waals surface area contributed by atoms with Crippen molar-refractivity contribution in [3.63, 3.8) is 0 Å². The number of thiocarbonyl (C=S) groups is 1. The molecule has 7 heteroatoms. The average molecular weight is 300 g/mol. The second-order valence-corrected chi connectivity index (χ2v) is 5.24. The van der Waals surface area contributed by atoms with Gasteiger partial charge in [-0.2, -0.15) is 0 Å². The van der Waals surface area contributed by atoms with Crippen molar-refractivity contribution in [3.05, 3.63) is 34.2 Å². The summed E-state index contributed by atoms with van der Waals surface area (Å²) in [7, 11) is 1.66. The molecule has 0 saturated heterocycles. The van der Waals surface area contributed by atoms with Gasteiger partial charge in [-0.1, -0.05) is 29.8 Å². The molecule has 1 aromatic carbocycles. The highest BCUT2D eigenvalue weighted by molar-refractivity contribution is 7.80. The molecular formula is C11H10ClN3OS2. The maximum absolute atomic E-state index is 11.9. The zero-order valence-electron chi connectivity index (χ0n) is 9.41. The Hall–Kier alpha value is -1.37. The quantitative estimate of drug-likeness (QED) is 0.559. The topological polar surface area (TPSA) is 53.2 Å². The van der Waals surface area contributed by atoms with Gasteiger partial charge in [0.1, 0.15) is 4.88 Å². The summed E-state index contributed by atoms with van der Waals surface area (Å²) >= 11 is 12.4. The molecule has 0 fully saturated rings. The van der Waals surface area contributed by atoms with Crippen molar-refractivity contribution in [1.29, 1.82) is 0 Å². The highest BCUT2D eigenvalue weighted by atomic mass is 35.5. The molecule has 0 saturated carbocycles. The monoisotopic (exact) mass is 299 g/mol. The number of hydrogen-bond acceptors (Lipinski definition) is 3. The van der Waals surface area contributed by atoms with Crippen LogP contribution in [0.3, 0.4) is 0 Å². The van der Waals surface area contributed by atoms with Crippen LogP contribution in [0, 0.1) is 0 Å². The van der Waals surface area contributed by atoms with Crippen LogP contribution in [-0.2, 0) is 0 Å². The molecule has 0 atom stereocenters. The van der Waals surface area contributed by atoms with Crippen LogP contribution >= 0.6 is 35.2 Å². The van der Waals surface area contributed by atoms with E-state index in [1.807, 2.05) is 24.3 Å². The number of fused-ring (bicyclic) bond motifs is 1. The van der Waals surface area contributed by atoms with Gasteiger partial charge in [0.05, 0.1) is 5.02 Å². The van der Waals surface area contributed by atoms with Gasteiger partial charge in [-0.3, -0.25) is 15.6 Å². The number of benzene rings is 1. The van der Waals surface area contributed by atoms with Crippen molar-refractivity contribution in [1.82, 2.24) is 16.2 Å². The van der Waals surface area contributed by atoms with Crippen LogP contribution in [0.2, 0.25) is 5.02 Å². The molecule has 1 heterocycles. The third-order valence-corrected chi connectivity index (χ3v) is 4.24. The molecular weight excluding hydrogens is 290 g/mol. The lowest BCUT2D eigenvalue weighted by atomic mass is 10.2. The molecule has 0 radical (unpaired) electrons. The van der Waals surface area contributed by atoms with E-state index in [1.54, 1.807) is 7.05 Å². The predicted molar refractivity (Wildman–Crippen MR) is 79.1 cm³/mol. The molecule has 0 unspecified atom stereocenters. The first-order valence-electron chi connectivity index (χ1n) is 5.08. The molecule has 0 aliphatic rings. The Morgan fingerprint density at radius 1 is 1.33 bits per heavy atom. The molecule has 18 heavy (non-hydrogen) atoms. The molecule has 1 amide bonds.